The first-order valence-corrected chi connectivity index (χ1v) is 6.55. The number of hydrogen-bond donors (Lipinski definition) is 2. The van der Waals surface area contributed by atoms with E-state index in [9.17, 15) is 5.11 Å². The Morgan fingerprint density at radius 2 is 2.00 bits per heavy atom. The van der Waals surface area contributed by atoms with E-state index in [1.807, 2.05) is 18.2 Å². The first-order valence-electron chi connectivity index (χ1n) is 6.55. The highest BCUT2D eigenvalue weighted by Gasteiger charge is 2.09. The van der Waals surface area contributed by atoms with Crippen LogP contribution in [-0.4, -0.2) is 15.1 Å². The molecular formula is C15H20N2O. The molecule has 18 heavy (non-hydrogen) atoms. The fourth-order valence-corrected chi connectivity index (χ4v) is 2.04. The van der Waals surface area contributed by atoms with E-state index in [0.29, 0.717) is 0 Å². The van der Waals surface area contributed by atoms with Crippen molar-refractivity contribution >= 4 is 0 Å². The number of H-pyrrole nitrogens is 1. The van der Waals surface area contributed by atoms with Crippen molar-refractivity contribution in [3.05, 3.63) is 53.1 Å². The van der Waals surface area contributed by atoms with Gasteiger partial charge in [0.15, 0.2) is 0 Å². The predicted molar refractivity (Wildman–Crippen MR) is 72.4 cm³/mol. The van der Waals surface area contributed by atoms with Gasteiger partial charge in [0, 0.05) is 18.5 Å². The molecule has 0 saturated heterocycles. The van der Waals surface area contributed by atoms with Crippen molar-refractivity contribution in [2.75, 3.05) is 0 Å². The second kappa shape index (κ2) is 6.36. The molecule has 2 aromatic rings. The molecule has 96 valence electrons. The van der Waals surface area contributed by atoms with Gasteiger partial charge in [-0.3, -0.25) is 0 Å². The van der Waals surface area contributed by atoms with Crippen LogP contribution in [0.3, 0.4) is 0 Å². The average molecular weight is 244 g/mol. The molecule has 2 N–H and O–H groups in total. The standard InChI is InChI=1S/C15H20N2O/c1-2-3-9-15-16-13(14(11-18)17-15)10-12-7-5-4-6-8-12/h4-8,18H,2-3,9-11H2,1H3,(H,16,17). The van der Waals surface area contributed by atoms with Gasteiger partial charge in [0.1, 0.15) is 5.82 Å². The Hall–Kier alpha value is -1.61. The van der Waals surface area contributed by atoms with Crippen molar-refractivity contribution in [2.24, 2.45) is 0 Å². The lowest BCUT2D eigenvalue weighted by molar-refractivity contribution is 0.276. The molecule has 3 nitrogen and oxygen atoms in total. The molecule has 1 aromatic heterocycles. The molecular weight excluding hydrogens is 224 g/mol. The molecule has 0 radical (unpaired) electrons. The van der Waals surface area contributed by atoms with E-state index in [-0.39, 0.29) is 6.61 Å². The number of rotatable bonds is 6. The summed E-state index contributed by atoms with van der Waals surface area (Å²) in [7, 11) is 0. The fraction of sp³-hybridized carbons (Fsp3) is 0.400. The van der Waals surface area contributed by atoms with Crippen LogP contribution in [0.25, 0.3) is 0 Å². The number of imidazole rings is 1. The third kappa shape index (κ3) is 3.20. The van der Waals surface area contributed by atoms with Gasteiger partial charge in [-0.1, -0.05) is 43.7 Å². The van der Waals surface area contributed by atoms with Crippen LogP contribution < -0.4 is 0 Å². The number of aromatic nitrogens is 2. The second-order valence-electron chi connectivity index (χ2n) is 4.53. The molecule has 0 spiro atoms. The maximum atomic E-state index is 9.35. The van der Waals surface area contributed by atoms with Gasteiger partial charge in [0.2, 0.25) is 0 Å². The number of aryl methyl sites for hydroxylation is 1. The minimum Gasteiger partial charge on any atom is -0.390 e. The number of benzene rings is 1. The predicted octanol–water partition coefficient (Wildman–Crippen LogP) is 2.84. The Balaban J connectivity index is 2.13. The molecule has 1 aromatic carbocycles. The van der Waals surface area contributed by atoms with Crippen LogP contribution in [0, 0.1) is 0 Å². The Morgan fingerprint density at radius 3 is 2.67 bits per heavy atom. The monoisotopic (exact) mass is 244 g/mol. The van der Waals surface area contributed by atoms with E-state index in [4.69, 9.17) is 0 Å². The van der Waals surface area contributed by atoms with Gasteiger partial charge in [-0.2, -0.15) is 0 Å². The maximum absolute atomic E-state index is 9.35. The number of nitrogens with one attached hydrogen (secondary N) is 1. The van der Waals surface area contributed by atoms with Gasteiger partial charge in [0.25, 0.3) is 0 Å². The van der Waals surface area contributed by atoms with Gasteiger partial charge >= 0.3 is 0 Å². The highest BCUT2D eigenvalue weighted by molar-refractivity contribution is 5.25. The minimum atomic E-state index is 0.00475. The molecule has 0 unspecified atom stereocenters. The van der Waals surface area contributed by atoms with Crippen molar-refractivity contribution in [3.63, 3.8) is 0 Å². The van der Waals surface area contributed by atoms with Crippen molar-refractivity contribution in [3.8, 4) is 0 Å². The third-order valence-electron chi connectivity index (χ3n) is 3.05. The van der Waals surface area contributed by atoms with E-state index in [1.54, 1.807) is 0 Å². The highest BCUT2D eigenvalue weighted by Crippen LogP contribution is 2.13. The maximum Gasteiger partial charge on any atom is 0.106 e. The van der Waals surface area contributed by atoms with E-state index >= 15 is 0 Å². The molecule has 3 heteroatoms. The minimum absolute atomic E-state index is 0.00475. The number of aromatic amines is 1. The molecule has 0 fully saturated rings. The largest absolute Gasteiger partial charge is 0.390 e. The second-order valence-corrected chi connectivity index (χ2v) is 4.53. The first-order chi connectivity index (χ1) is 8.83. The zero-order chi connectivity index (χ0) is 12.8. The summed E-state index contributed by atoms with van der Waals surface area (Å²) in [5, 5.41) is 9.35. The third-order valence-corrected chi connectivity index (χ3v) is 3.05. The fourth-order valence-electron chi connectivity index (χ4n) is 2.04. The zero-order valence-corrected chi connectivity index (χ0v) is 10.8. The number of nitrogens with zero attached hydrogens (tertiary/aromatic N) is 1. The van der Waals surface area contributed by atoms with Crippen molar-refractivity contribution < 1.29 is 5.11 Å². The van der Waals surface area contributed by atoms with Crippen LogP contribution in [-0.2, 0) is 19.4 Å². The smallest absolute Gasteiger partial charge is 0.106 e. The number of hydrogen-bond acceptors (Lipinski definition) is 2. The normalized spacial score (nSPS) is 10.8. The molecule has 0 saturated carbocycles. The number of aliphatic hydroxyl groups excluding tert-OH is 1. The summed E-state index contributed by atoms with van der Waals surface area (Å²) >= 11 is 0. The van der Waals surface area contributed by atoms with Gasteiger partial charge < -0.3 is 10.1 Å². The molecule has 2 rings (SSSR count). The van der Waals surface area contributed by atoms with Crippen LogP contribution in [0.5, 0.6) is 0 Å². The van der Waals surface area contributed by atoms with Gasteiger partial charge in [-0.15, -0.1) is 0 Å². The Morgan fingerprint density at radius 1 is 1.22 bits per heavy atom. The van der Waals surface area contributed by atoms with Gasteiger partial charge in [0.05, 0.1) is 12.3 Å². The molecule has 0 aliphatic heterocycles. The lowest BCUT2D eigenvalue weighted by Gasteiger charge is -2.00. The number of aliphatic hydroxyl groups is 1. The molecule has 0 bridgehead atoms. The van der Waals surface area contributed by atoms with E-state index in [1.165, 1.54) is 5.56 Å². The van der Waals surface area contributed by atoms with Gasteiger partial charge in [-0.05, 0) is 12.0 Å². The summed E-state index contributed by atoms with van der Waals surface area (Å²) in [4.78, 5) is 7.80. The summed E-state index contributed by atoms with van der Waals surface area (Å²) in [6.45, 7) is 2.17. The summed E-state index contributed by atoms with van der Waals surface area (Å²) in [6, 6.07) is 10.3. The Labute approximate surface area is 108 Å². The molecule has 0 amide bonds. The topological polar surface area (TPSA) is 48.9 Å². The summed E-state index contributed by atoms with van der Waals surface area (Å²) in [6.07, 6.45) is 4.04. The summed E-state index contributed by atoms with van der Waals surface area (Å²) < 4.78 is 0. The molecule has 0 atom stereocenters. The molecule has 1 heterocycles. The van der Waals surface area contributed by atoms with Crippen LogP contribution in [0.4, 0.5) is 0 Å². The Kier molecular flexibility index (Phi) is 4.53. The van der Waals surface area contributed by atoms with Crippen molar-refractivity contribution in [2.45, 2.75) is 39.2 Å². The van der Waals surface area contributed by atoms with Gasteiger partial charge in [-0.25, -0.2) is 4.98 Å². The zero-order valence-electron chi connectivity index (χ0n) is 10.8. The van der Waals surface area contributed by atoms with Crippen molar-refractivity contribution in [1.29, 1.82) is 0 Å². The van der Waals surface area contributed by atoms with Crippen LogP contribution in [0.1, 0.15) is 42.5 Å². The Bertz CT molecular complexity index is 476. The summed E-state index contributed by atoms with van der Waals surface area (Å²) in [5.74, 6) is 0.992. The van der Waals surface area contributed by atoms with Crippen LogP contribution >= 0.6 is 0 Å². The van der Waals surface area contributed by atoms with Crippen molar-refractivity contribution in [1.82, 2.24) is 9.97 Å². The molecule has 0 aliphatic carbocycles. The highest BCUT2D eigenvalue weighted by atomic mass is 16.3. The number of unbranched alkanes of at least 4 members (excludes halogenated alkanes) is 1. The van der Waals surface area contributed by atoms with E-state index in [2.05, 4.69) is 29.0 Å². The lowest BCUT2D eigenvalue weighted by atomic mass is 10.1. The van der Waals surface area contributed by atoms with E-state index < -0.39 is 0 Å². The van der Waals surface area contributed by atoms with Crippen LogP contribution in [0.15, 0.2) is 30.3 Å². The molecule has 0 aliphatic rings. The lowest BCUT2D eigenvalue weighted by Crippen LogP contribution is -1.94. The van der Waals surface area contributed by atoms with Crippen LogP contribution in [0.2, 0.25) is 0 Å². The average Bonchev–Trinajstić information content (AvgIpc) is 2.80. The summed E-state index contributed by atoms with van der Waals surface area (Å²) in [5.41, 5.74) is 3.05. The SMILES string of the molecule is CCCCc1nc(CO)c(Cc2ccccc2)[nH]1. The first kappa shape index (κ1) is 12.8. The van der Waals surface area contributed by atoms with E-state index in [0.717, 1.165) is 42.9 Å². The quantitative estimate of drug-likeness (QED) is 0.821.